The Kier molecular flexibility index (Phi) is 3.69. The van der Waals surface area contributed by atoms with Crippen LogP contribution >= 0.6 is 0 Å². The molecule has 0 aliphatic carbocycles. The van der Waals surface area contributed by atoms with Crippen LogP contribution in [0.3, 0.4) is 0 Å². The molecule has 3 nitrogen and oxygen atoms in total. The van der Waals surface area contributed by atoms with Crippen LogP contribution in [0.1, 0.15) is 24.4 Å². The average molecular weight is 252 g/mol. The van der Waals surface area contributed by atoms with Gasteiger partial charge in [0.1, 0.15) is 7.85 Å². The van der Waals surface area contributed by atoms with Crippen molar-refractivity contribution in [3.8, 4) is 0 Å². The smallest absolute Gasteiger partial charge is 0.118 e. The molecule has 0 bridgehead atoms. The summed E-state index contributed by atoms with van der Waals surface area (Å²) in [5.41, 5.74) is 2.01. The van der Waals surface area contributed by atoms with Gasteiger partial charge in [-0.05, 0) is 24.3 Å². The third-order valence-corrected chi connectivity index (χ3v) is 3.76. The number of benzene rings is 1. The highest BCUT2D eigenvalue weighted by Crippen LogP contribution is 2.32. The van der Waals surface area contributed by atoms with Gasteiger partial charge in [-0.2, -0.15) is 5.10 Å². The van der Waals surface area contributed by atoms with Gasteiger partial charge in [-0.15, -0.1) is 0 Å². The number of aromatic nitrogens is 2. The highest BCUT2D eigenvalue weighted by atomic mass is 16.5. The Hall–Kier alpha value is -1.55. The van der Waals surface area contributed by atoms with Gasteiger partial charge in [0, 0.05) is 25.6 Å². The van der Waals surface area contributed by atoms with E-state index in [1.54, 1.807) is 6.20 Å². The van der Waals surface area contributed by atoms with Gasteiger partial charge in [0.15, 0.2) is 0 Å². The first-order chi connectivity index (χ1) is 9.34. The van der Waals surface area contributed by atoms with Crippen LogP contribution in [0.4, 0.5) is 0 Å². The Morgan fingerprint density at radius 1 is 1.21 bits per heavy atom. The molecule has 2 radical (unpaired) electrons. The molecule has 2 aromatic rings. The number of ether oxygens (including phenoxy) is 1. The van der Waals surface area contributed by atoms with Crippen molar-refractivity contribution in [3.05, 3.63) is 48.3 Å². The van der Waals surface area contributed by atoms with E-state index in [2.05, 4.69) is 29.4 Å². The predicted octanol–water partition coefficient (Wildman–Crippen LogP) is 1.69. The van der Waals surface area contributed by atoms with Gasteiger partial charge in [0.05, 0.1) is 6.04 Å². The van der Waals surface area contributed by atoms with Crippen LogP contribution < -0.4 is 5.46 Å². The van der Waals surface area contributed by atoms with Crippen LogP contribution in [-0.4, -0.2) is 30.8 Å². The molecule has 0 saturated carbocycles. The maximum absolute atomic E-state index is 5.82. The van der Waals surface area contributed by atoms with Gasteiger partial charge >= 0.3 is 0 Å². The lowest BCUT2D eigenvalue weighted by Crippen LogP contribution is -2.27. The lowest BCUT2D eigenvalue weighted by atomic mass is 9.87. The van der Waals surface area contributed by atoms with E-state index < -0.39 is 0 Å². The second kappa shape index (κ2) is 5.62. The predicted molar refractivity (Wildman–Crippen MR) is 75.7 cm³/mol. The first-order valence-electron chi connectivity index (χ1n) is 6.77. The Labute approximate surface area is 115 Å². The van der Waals surface area contributed by atoms with E-state index in [0.717, 1.165) is 26.1 Å². The molecule has 1 unspecified atom stereocenters. The Morgan fingerprint density at radius 3 is 2.58 bits per heavy atom. The van der Waals surface area contributed by atoms with Crippen LogP contribution in [0, 0.1) is 5.92 Å². The van der Waals surface area contributed by atoms with Crippen molar-refractivity contribution in [2.45, 2.75) is 18.9 Å². The minimum atomic E-state index is 0.252. The number of hydrogen-bond donors (Lipinski definition) is 0. The van der Waals surface area contributed by atoms with Crippen LogP contribution in [0.5, 0.6) is 0 Å². The quantitative estimate of drug-likeness (QED) is 0.777. The van der Waals surface area contributed by atoms with Crippen molar-refractivity contribution in [1.82, 2.24) is 9.78 Å². The molecule has 0 amide bonds. The molecular weight excluding hydrogens is 235 g/mol. The minimum absolute atomic E-state index is 0.252. The molecule has 96 valence electrons. The van der Waals surface area contributed by atoms with E-state index in [-0.39, 0.29) is 6.04 Å². The monoisotopic (exact) mass is 252 g/mol. The van der Waals surface area contributed by atoms with Crippen LogP contribution in [0.2, 0.25) is 0 Å². The molecule has 1 atom stereocenters. The van der Waals surface area contributed by atoms with Crippen molar-refractivity contribution >= 4 is 13.3 Å². The van der Waals surface area contributed by atoms with Gasteiger partial charge in [0.2, 0.25) is 0 Å². The Morgan fingerprint density at radius 2 is 1.95 bits per heavy atom. The molecule has 0 spiro atoms. The van der Waals surface area contributed by atoms with E-state index in [0.29, 0.717) is 11.4 Å². The van der Waals surface area contributed by atoms with Crippen molar-refractivity contribution in [1.29, 1.82) is 0 Å². The Bertz CT molecular complexity index is 520. The van der Waals surface area contributed by atoms with E-state index in [1.165, 1.54) is 5.56 Å². The molecule has 4 heteroatoms. The molecule has 3 rings (SSSR count). The third-order valence-electron chi connectivity index (χ3n) is 3.76. The summed E-state index contributed by atoms with van der Waals surface area (Å²) in [5, 5.41) is 4.42. The largest absolute Gasteiger partial charge is 0.381 e. The number of rotatable bonds is 3. The zero-order valence-corrected chi connectivity index (χ0v) is 10.9. The molecule has 1 aliphatic rings. The third kappa shape index (κ3) is 2.74. The van der Waals surface area contributed by atoms with Crippen LogP contribution in [0.25, 0.3) is 0 Å². The fraction of sp³-hybridized carbons (Fsp3) is 0.400. The molecule has 1 aromatic heterocycles. The summed E-state index contributed by atoms with van der Waals surface area (Å²) in [5.74, 6) is 0.551. The van der Waals surface area contributed by atoms with Gasteiger partial charge in [-0.1, -0.05) is 35.8 Å². The van der Waals surface area contributed by atoms with Crippen molar-refractivity contribution in [3.63, 3.8) is 0 Å². The van der Waals surface area contributed by atoms with Gasteiger partial charge < -0.3 is 4.74 Å². The second-order valence-electron chi connectivity index (χ2n) is 5.06. The molecule has 19 heavy (non-hydrogen) atoms. The number of nitrogens with zero attached hydrogens (tertiary/aromatic N) is 2. The van der Waals surface area contributed by atoms with E-state index in [9.17, 15) is 0 Å². The first-order valence-corrected chi connectivity index (χ1v) is 6.77. The first kappa shape index (κ1) is 12.5. The maximum Gasteiger partial charge on any atom is 0.118 e. The molecule has 1 saturated heterocycles. The fourth-order valence-corrected chi connectivity index (χ4v) is 2.83. The maximum atomic E-state index is 5.82. The number of hydrogen-bond acceptors (Lipinski definition) is 2. The molecule has 1 fully saturated rings. The standard InChI is InChI=1S/C15H17BN2O/c16-14-10-17-18(11-14)15(12-4-2-1-3-5-12)13-6-8-19-9-7-13/h1-5,10-11,13,15H,6-9H2. The van der Waals surface area contributed by atoms with Crippen LogP contribution in [0.15, 0.2) is 42.7 Å². The SMILES string of the molecule is [B]c1cnn(C(c2ccccc2)C2CCOCC2)c1. The van der Waals surface area contributed by atoms with E-state index >= 15 is 0 Å². The van der Waals surface area contributed by atoms with Crippen molar-refractivity contribution in [2.75, 3.05) is 13.2 Å². The average Bonchev–Trinajstić information content (AvgIpc) is 2.88. The summed E-state index contributed by atoms with van der Waals surface area (Å²) >= 11 is 0. The summed E-state index contributed by atoms with van der Waals surface area (Å²) < 4.78 is 7.47. The van der Waals surface area contributed by atoms with Gasteiger partial charge in [0.25, 0.3) is 0 Å². The molecule has 1 aliphatic heterocycles. The summed E-state index contributed by atoms with van der Waals surface area (Å²) in [6.45, 7) is 1.68. The van der Waals surface area contributed by atoms with Crippen molar-refractivity contribution in [2.24, 2.45) is 5.92 Å². The second-order valence-corrected chi connectivity index (χ2v) is 5.06. The topological polar surface area (TPSA) is 27.1 Å². The fourth-order valence-electron chi connectivity index (χ4n) is 2.83. The minimum Gasteiger partial charge on any atom is -0.381 e. The summed E-state index contributed by atoms with van der Waals surface area (Å²) in [6.07, 6.45) is 5.78. The van der Waals surface area contributed by atoms with Crippen LogP contribution in [-0.2, 0) is 4.74 Å². The van der Waals surface area contributed by atoms with Gasteiger partial charge in [-0.25, -0.2) is 0 Å². The lowest BCUT2D eigenvalue weighted by Gasteiger charge is -2.31. The lowest BCUT2D eigenvalue weighted by molar-refractivity contribution is 0.0527. The molecular formula is C15H17BN2O. The molecule has 2 heterocycles. The van der Waals surface area contributed by atoms with E-state index in [1.807, 2.05) is 16.9 Å². The normalized spacial score (nSPS) is 18.3. The highest BCUT2D eigenvalue weighted by Gasteiger charge is 2.27. The Balaban J connectivity index is 1.95. The van der Waals surface area contributed by atoms with Gasteiger partial charge in [-0.3, -0.25) is 4.68 Å². The van der Waals surface area contributed by atoms with Crippen molar-refractivity contribution < 1.29 is 4.74 Å². The highest BCUT2D eigenvalue weighted by molar-refractivity contribution is 6.31. The summed E-state index contributed by atoms with van der Waals surface area (Å²) in [4.78, 5) is 0. The summed E-state index contributed by atoms with van der Waals surface area (Å²) in [7, 11) is 5.82. The summed E-state index contributed by atoms with van der Waals surface area (Å²) in [6, 6.07) is 10.8. The van der Waals surface area contributed by atoms with E-state index in [4.69, 9.17) is 12.6 Å². The molecule has 1 aromatic carbocycles. The zero-order chi connectivity index (χ0) is 13.1. The zero-order valence-electron chi connectivity index (χ0n) is 10.9. The molecule has 0 N–H and O–H groups in total.